The summed E-state index contributed by atoms with van der Waals surface area (Å²) >= 11 is 0. The summed E-state index contributed by atoms with van der Waals surface area (Å²) < 4.78 is 2.04. The molecule has 4 saturated carbocycles. The van der Waals surface area contributed by atoms with E-state index in [1.807, 2.05) is 34.9 Å². The molecule has 148 valence electrons. The molecule has 0 spiro atoms. The highest BCUT2D eigenvalue weighted by molar-refractivity contribution is 5.96. The zero-order valence-corrected chi connectivity index (χ0v) is 16.7. The fourth-order valence-corrected chi connectivity index (χ4v) is 6.72. The number of amides is 1. The number of nitrogens with one attached hydrogen (secondary N) is 1. The minimum absolute atomic E-state index is 0.155. The molecule has 1 aromatic carbocycles. The lowest BCUT2D eigenvalue weighted by molar-refractivity contribution is -0.140. The third-order valence-corrected chi connectivity index (χ3v) is 7.57. The van der Waals surface area contributed by atoms with Crippen LogP contribution in [0.2, 0.25) is 0 Å². The summed E-state index contributed by atoms with van der Waals surface area (Å²) in [5, 5.41) is 3.37. The monoisotopic (exact) mass is 385 g/mol. The molecule has 0 aliphatic heterocycles. The number of benzene rings is 1. The van der Waals surface area contributed by atoms with Crippen molar-refractivity contribution in [1.29, 1.82) is 0 Å². The number of rotatable bonds is 4. The molecule has 4 aliphatic rings. The van der Waals surface area contributed by atoms with Gasteiger partial charge >= 0.3 is 0 Å². The number of imidazole rings is 1. The van der Waals surface area contributed by atoms with Gasteiger partial charge < -0.3 is 5.32 Å². The van der Waals surface area contributed by atoms with Crippen molar-refractivity contribution in [2.45, 2.75) is 44.9 Å². The first-order chi connectivity index (χ1) is 14.2. The van der Waals surface area contributed by atoms with Crippen molar-refractivity contribution >= 4 is 17.4 Å². The van der Waals surface area contributed by atoms with Crippen LogP contribution in [0.3, 0.4) is 0 Å². The predicted molar refractivity (Wildman–Crippen MR) is 114 cm³/mol. The molecule has 7 rings (SSSR count). The van der Waals surface area contributed by atoms with Crippen LogP contribution < -0.4 is 5.32 Å². The fraction of sp³-hybridized carbons (Fsp3) is 0.440. The summed E-state index contributed by atoms with van der Waals surface area (Å²) in [7, 11) is 0. The van der Waals surface area contributed by atoms with Crippen molar-refractivity contribution in [2.24, 2.45) is 23.2 Å². The summed E-state index contributed by atoms with van der Waals surface area (Å²) in [5.41, 5.74) is 2.89. The minimum Gasteiger partial charge on any atom is -0.310 e. The number of hydrogen-bond donors (Lipinski definition) is 1. The number of carbonyl (C=O) groups excluding carboxylic acids is 1. The number of hydrogen-bond acceptors (Lipinski definition) is 2. The maximum Gasteiger partial charge on any atom is 0.231 e. The maximum atomic E-state index is 13.7. The molecule has 29 heavy (non-hydrogen) atoms. The van der Waals surface area contributed by atoms with Gasteiger partial charge in [0.1, 0.15) is 11.5 Å². The molecular formula is C25H27N3O. The zero-order valence-electron chi connectivity index (χ0n) is 16.7. The van der Waals surface area contributed by atoms with Crippen LogP contribution in [-0.2, 0) is 11.2 Å². The molecule has 4 heteroatoms. The molecule has 4 aliphatic carbocycles. The van der Waals surface area contributed by atoms with Crippen LogP contribution in [0.5, 0.6) is 0 Å². The second kappa shape index (κ2) is 6.45. The van der Waals surface area contributed by atoms with Crippen molar-refractivity contribution < 1.29 is 4.79 Å². The smallest absolute Gasteiger partial charge is 0.231 e. The van der Waals surface area contributed by atoms with Gasteiger partial charge in [-0.3, -0.25) is 9.20 Å². The van der Waals surface area contributed by atoms with Crippen LogP contribution in [0.15, 0.2) is 54.7 Å². The van der Waals surface area contributed by atoms with Gasteiger partial charge in [-0.1, -0.05) is 36.4 Å². The second-order valence-electron chi connectivity index (χ2n) is 9.65. The molecule has 4 bridgehead atoms. The molecule has 4 nitrogen and oxygen atoms in total. The molecule has 2 aromatic heterocycles. The largest absolute Gasteiger partial charge is 0.310 e. The molecule has 1 N–H and O–H groups in total. The quantitative estimate of drug-likeness (QED) is 0.681. The lowest BCUT2D eigenvalue weighted by atomic mass is 9.49. The van der Waals surface area contributed by atoms with Gasteiger partial charge in [0, 0.05) is 12.6 Å². The van der Waals surface area contributed by atoms with Crippen molar-refractivity contribution in [3.8, 4) is 0 Å². The van der Waals surface area contributed by atoms with Crippen LogP contribution in [0.25, 0.3) is 5.65 Å². The zero-order chi connectivity index (χ0) is 19.4. The summed E-state index contributed by atoms with van der Waals surface area (Å²) in [6.07, 6.45) is 10.0. The summed E-state index contributed by atoms with van der Waals surface area (Å²) in [5.74, 6) is 3.37. The highest BCUT2D eigenvalue weighted by atomic mass is 16.2. The molecule has 1 amide bonds. The molecule has 2 heterocycles. The molecule has 0 unspecified atom stereocenters. The Balaban J connectivity index is 1.35. The topological polar surface area (TPSA) is 46.4 Å². The maximum absolute atomic E-state index is 13.7. The van der Waals surface area contributed by atoms with E-state index in [2.05, 4.69) is 29.6 Å². The van der Waals surface area contributed by atoms with Crippen LogP contribution in [0.4, 0.5) is 5.82 Å². The number of carbonyl (C=O) groups is 1. The van der Waals surface area contributed by atoms with Crippen LogP contribution in [-0.4, -0.2) is 15.3 Å². The minimum atomic E-state index is -0.155. The number of fused-ring (bicyclic) bond motifs is 1. The summed E-state index contributed by atoms with van der Waals surface area (Å²) in [4.78, 5) is 18.5. The Morgan fingerprint density at radius 1 is 0.966 bits per heavy atom. The van der Waals surface area contributed by atoms with Gasteiger partial charge in [-0.2, -0.15) is 0 Å². The number of nitrogens with zero attached hydrogens (tertiary/aromatic N) is 2. The Morgan fingerprint density at radius 3 is 2.31 bits per heavy atom. The van der Waals surface area contributed by atoms with E-state index < -0.39 is 0 Å². The predicted octanol–water partition coefficient (Wildman–Crippen LogP) is 5.08. The SMILES string of the molecule is O=C(Nc1c(Cc2ccccc2)nc2ccccn12)C12CC3CC(CC(C3)C1)C2. The van der Waals surface area contributed by atoms with Crippen LogP contribution >= 0.6 is 0 Å². The highest BCUT2D eigenvalue weighted by Gasteiger charge is 2.54. The average molecular weight is 386 g/mol. The van der Waals surface area contributed by atoms with E-state index >= 15 is 0 Å². The van der Waals surface area contributed by atoms with Gasteiger partial charge in [0.15, 0.2) is 0 Å². The van der Waals surface area contributed by atoms with Crippen molar-refractivity contribution in [3.63, 3.8) is 0 Å². The van der Waals surface area contributed by atoms with E-state index in [0.29, 0.717) is 0 Å². The number of pyridine rings is 1. The molecule has 0 saturated heterocycles. The molecule has 0 radical (unpaired) electrons. The first kappa shape index (κ1) is 17.3. The first-order valence-electron chi connectivity index (χ1n) is 11.0. The molecule has 0 atom stereocenters. The standard InChI is InChI=1S/C25H27N3O/c29-24(25-14-18-10-19(15-25)12-20(11-18)16-25)27-23-21(13-17-6-2-1-3-7-17)26-22-8-4-5-9-28(22)23/h1-9,18-20H,10-16H2,(H,27,29). The van der Waals surface area contributed by atoms with Gasteiger partial charge in [-0.15, -0.1) is 0 Å². The van der Waals surface area contributed by atoms with Gasteiger partial charge in [0.05, 0.1) is 11.1 Å². The number of anilines is 1. The van der Waals surface area contributed by atoms with Gasteiger partial charge in [0.25, 0.3) is 0 Å². The van der Waals surface area contributed by atoms with Crippen LogP contribution in [0, 0.1) is 23.2 Å². The van der Waals surface area contributed by atoms with Crippen molar-refractivity contribution in [3.05, 3.63) is 66.0 Å². The second-order valence-corrected chi connectivity index (χ2v) is 9.65. The fourth-order valence-electron chi connectivity index (χ4n) is 6.72. The van der Waals surface area contributed by atoms with E-state index in [9.17, 15) is 4.79 Å². The van der Waals surface area contributed by atoms with E-state index in [1.54, 1.807) is 0 Å². The third kappa shape index (κ3) is 2.88. The molecule has 3 aromatic rings. The van der Waals surface area contributed by atoms with Crippen molar-refractivity contribution in [1.82, 2.24) is 9.38 Å². The van der Waals surface area contributed by atoms with E-state index in [-0.39, 0.29) is 11.3 Å². The van der Waals surface area contributed by atoms with Crippen molar-refractivity contribution in [2.75, 3.05) is 5.32 Å². The van der Waals surface area contributed by atoms with E-state index in [0.717, 1.165) is 60.6 Å². The van der Waals surface area contributed by atoms with E-state index in [4.69, 9.17) is 4.98 Å². The van der Waals surface area contributed by atoms with Gasteiger partial charge in [0.2, 0.25) is 5.91 Å². The summed E-state index contributed by atoms with van der Waals surface area (Å²) in [6.45, 7) is 0. The number of aromatic nitrogens is 2. The Labute approximate surface area is 171 Å². The van der Waals surface area contributed by atoms with E-state index in [1.165, 1.54) is 24.8 Å². The molecular weight excluding hydrogens is 358 g/mol. The Morgan fingerprint density at radius 2 is 1.62 bits per heavy atom. The van der Waals surface area contributed by atoms with Gasteiger partial charge in [-0.25, -0.2) is 4.98 Å². The Bertz CT molecular complexity index is 1030. The normalized spacial score (nSPS) is 30.0. The van der Waals surface area contributed by atoms with Crippen LogP contribution in [0.1, 0.15) is 49.8 Å². The third-order valence-electron chi connectivity index (χ3n) is 7.57. The Hall–Kier alpha value is -2.62. The lowest BCUT2D eigenvalue weighted by Crippen LogP contribution is -2.51. The first-order valence-corrected chi connectivity index (χ1v) is 11.0. The lowest BCUT2D eigenvalue weighted by Gasteiger charge is -2.55. The Kier molecular flexibility index (Phi) is 3.84. The highest BCUT2D eigenvalue weighted by Crippen LogP contribution is 2.60. The summed E-state index contributed by atoms with van der Waals surface area (Å²) in [6, 6.07) is 16.4. The molecule has 4 fully saturated rings. The average Bonchev–Trinajstić information content (AvgIpc) is 3.05. The van der Waals surface area contributed by atoms with Gasteiger partial charge in [-0.05, 0) is 74.0 Å².